The van der Waals surface area contributed by atoms with Gasteiger partial charge < -0.3 is 15.7 Å². The van der Waals surface area contributed by atoms with Gasteiger partial charge in [-0.2, -0.15) is 0 Å². The van der Waals surface area contributed by atoms with Crippen LogP contribution in [0.1, 0.15) is 39.7 Å². The van der Waals surface area contributed by atoms with Crippen molar-refractivity contribution in [3.63, 3.8) is 0 Å². The van der Waals surface area contributed by atoms with Crippen molar-refractivity contribution >= 4 is 11.6 Å². The standard InChI is InChI=1S/C14H26N4O/c1-5-12-13(15-6-2)17-9-18-14(12)16-8-11(19)7-10(3)4/h9-11,19H,5-8H2,1-4H3,(H2,15,16,17,18). The van der Waals surface area contributed by atoms with E-state index in [1.54, 1.807) is 6.33 Å². The molecular weight excluding hydrogens is 240 g/mol. The van der Waals surface area contributed by atoms with Gasteiger partial charge in [-0.15, -0.1) is 0 Å². The Morgan fingerprint density at radius 3 is 2.32 bits per heavy atom. The Hall–Kier alpha value is -1.36. The van der Waals surface area contributed by atoms with E-state index in [-0.39, 0.29) is 6.10 Å². The summed E-state index contributed by atoms with van der Waals surface area (Å²) >= 11 is 0. The van der Waals surface area contributed by atoms with Crippen LogP contribution in [0.3, 0.4) is 0 Å². The fourth-order valence-electron chi connectivity index (χ4n) is 2.06. The van der Waals surface area contributed by atoms with Gasteiger partial charge in [0.05, 0.1) is 6.10 Å². The molecule has 0 bridgehead atoms. The summed E-state index contributed by atoms with van der Waals surface area (Å²) in [6, 6.07) is 0. The second kappa shape index (κ2) is 7.94. The van der Waals surface area contributed by atoms with Crippen molar-refractivity contribution in [1.82, 2.24) is 9.97 Å². The third kappa shape index (κ3) is 5.03. The zero-order chi connectivity index (χ0) is 14.3. The minimum atomic E-state index is -0.345. The predicted octanol–water partition coefficient (Wildman–Crippen LogP) is 2.29. The van der Waals surface area contributed by atoms with Crippen LogP contribution < -0.4 is 10.6 Å². The van der Waals surface area contributed by atoms with Gasteiger partial charge in [-0.1, -0.05) is 20.8 Å². The van der Waals surface area contributed by atoms with Crippen LogP contribution in [0.15, 0.2) is 6.33 Å². The Morgan fingerprint density at radius 2 is 1.79 bits per heavy atom. The molecule has 0 fully saturated rings. The molecule has 0 amide bonds. The lowest BCUT2D eigenvalue weighted by atomic mass is 10.1. The fraction of sp³-hybridized carbons (Fsp3) is 0.714. The molecule has 1 atom stereocenters. The highest BCUT2D eigenvalue weighted by Crippen LogP contribution is 2.20. The van der Waals surface area contributed by atoms with Crippen molar-refractivity contribution in [2.24, 2.45) is 5.92 Å². The van der Waals surface area contributed by atoms with Crippen LogP contribution in [0, 0.1) is 5.92 Å². The third-order valence-corrected chi connectivity index (χ3v) is 2.89. The molecule has 1 aromatic rings. The molecule has 19 heavy (non-hydrogen) atoms. The number of aliphatic hydroxyl groups is 1. The number of hydrogen-bond donors (Lipinski definition) is 3. The summed E-state index contributed by atoms with van der Waals surface area (Å²) in [7, 11) is 0. The monoisotopic (exact) mass is 266 g/mol. The lowest BCUT2D eigenvalue weighted by molar-refractivity contribution is 0.161. The quantitative estimate of drug-likeness (QED) is 0.673. The Kier molecular flexibility index (Phi) is 6.56. The Balaban J connectivity index is 2.69. The van der Waals surface area contributed by atoms with Gasteiger partial charge in [0.1, 0.15) is 18.0 Å². The number of hydrogen-bond acceptors (Lipinski definition) is 5. The van der Waals surface area contributed by atoms with E-state index in [1.807, 2.05) is 6.92 Å². The van der Waals surface area contributed by atoms with Gasteiger partial charge in [0.2, 0.25) is 0 Å². The molecule has 1 rings (SSSR count). The molecule has 0 radical (unpaired) electrons. The summed E-state index contributed by atoms with van der Waals surface area (Å²) in [5, 5.41) is 16.4. The van der Waals surface area contributed by atoms with E-state index >= 15 is 0 Å². The molecule has 1 unspecified atom stereocenters. The summed E-state index contributed by atoms with van der Waals surface area (Å²) in [5.41, 5.74) is 1.07. The van der Waals surface area contributed by atoms with Crippen molar-refractivity contribution in [3.05, 3.63) is 11.9 Å². The zero-order valence-corrected chi connectivity index (χ0v) is 12.4. The molecule has 0 saturated carbocycles. The maximum Gasteiger partial charge on any atom is 0.134 e. The molecule has 0 aliphatic rings. The zero-order valence-electron chi connectivity index (χ0n) is 12.4. The van der Waals surface area contributed by atoms with Crippen LogP contribution in [-0.4, -0.2) is 34.3 Å². The first kappa shape index (κ1) is 15.7. The van der Waals surface area contributed by atoms with Crippen LogP contribution in [0.2, 0.25) is 0 Å². The Morgan fingerprint density at radius 1 is 1.16 bits per heavy atom. The van der Waals surface area contributed by atoms with E-state index in [1.165, 1.54) is 0 Å². The molecule has 0 spiro atoms. The normalized spacial score (nSPS) is 12.5. The molecule has 5 heteroatoms. The van der Waals surface area contributed by atoms with E-state index in [0.29, 0.717) is 12.5 Å². The third-order valence-electron chi connectivity index (χ3n) is 2.89. The van der Waals surface area contributed by atoms with Crippen LogP contribution in [0.4, 0.5) is 11.6 Å². The Labute approximate surface area is 115 Å². The average Bonchev–Trinajstić information content (AvgIpc) is 2.36. The van der Waals surface area contributed by atoms with Gasteiger partial charge in [-0.25, -0.2) is 9.97 Å². The number of nitrogens with one attached hydrogen (secondary N) is 2. The average molecular weight is 266 g/mol. The predicted molar refractivity (Wildman–Crippen MR) is 79.5 cm³/mol. The van der Waals surface area contributed by atoms with Gasteiger partial charge in [-0.3, -0.25) is 0 Å². The summed E-state index contributed by atoms with van der Waals surface area (Å²) < 4.78 is 0. The van der Waals surface area contributed by atoms with Crippen LogP contribution >= 0.6 is 0 Å². The van der Waals surface area contributed by atoms with Gasteiger partial charge in [-0.05, 0) is 25.7 Å². The number of aliphatic hydroxyl groups excluding tert-OH is 1. The maximum absolute atomic E-state index is 9.90. The Bertz CT molecular complexity index is 382. The fourth-order valence-corrected chi connectivity index (χ4v) is 2.06. The number of anilines is 2. The van der Waals surface area contributed by atoms with Gasteiger partial charge in [0.15, 0.2) is 0 Å². The topological polar surface area (TPSA) is 70.1 Å². The molecule has 108 valence electrons. The minimum absolute atomic E-state index is 0.345. The first-order chi connectivity index (χ1) is 9.08. The molecule has 1 aromatic heterocycles. The minimum Gasteiger partial charge on any atom is -0.391 e. The van der Waals surface area contributed by atoms with Gasteiger partial charge in [0, 0.05) is 18.7 Å². The number of rotatable bonds is 8. The SMILES string of the molecule is CCNc1ncnc(NCC(O)CC(C)C)c1CC. The highest BCUT2D eigenvalue weighted by atomic mass is 16.3. The van der Waals surface area contributed by atoms with Crippen molar-refractivity contribution in [2.45, 2.75) is 46.6 Å². The van der Waals surface area contributed by atoms with Crippen LogP contribution in [0.5, 0.6) is 0 Å². The highest BCUT2D eigenvalue weighted by Gasteiger charge is 2.11. The number of aromatic nitrogens is 2. The first-order valence-electron chi connectivity index (χ1n) is 7.08. The van der Waals surface area contributed by atoms with Gasteiger partial charge in [0.25, 0.3) is 0 Å². The molecule has 1 heterocycles. The molecule has 0 aromatic carbocycles. The molecule has 3 N–H and O–H groups in total. The molecule has 5 nitrogen and oxygen atoms in total. The van der Waals surface area contributed by atoms with Crippen molar-refractivity contribution < 1.29 is 5.11 Å². The van der Waals surface area contributed by atoms with E-state index in [9.17, 15) is 5.11 Å². The van der Waals surface area contributed by atoms with Crippen LogP contribution in [0.25, 0.3) is 0 Å². The van der Waals surface area contributed by atoms with Crippen molar-refractivity contribution in [3.8, 4) is 0 Å². The lowest BCUT2D eigenvalue weighted by Gasteiger charge is -2.17. The molecular formula is C14H26N4O. The second-order valence-corrected chi connectivity index (χ2v) is 5.10. The lowest BCUT2D eigenvalue weighted by Crippen LogP contribution is -2.22. The first-order valence-corrected chi connectivity index (χ1v) is 7.08. The molecule has 0 aliphatic heterocycles. The van der Waals surface area contributed by atoms with Crippen molar-refractivity contribution in [1.29, 1.82) is 0 Å². The number of nitrogens with zero attached hydrogens (tertiary/aromatic N) is 2. The summed E-state index contributed by atoms with van der Waals surface area (Å²) in [6.07, 6.45) is 2.85. The summed E-state index contributed by atoms with van der Waals surface area (Å²) in [6.45, 7) is 9.69. The second-order valence-electron chi connectivity index (χ2n) is 5.10. The van der Waals surface area contributed by atoms with Crippen LogP contribution in [-0.2, 0) is 6.42 Å². The summed E-state index contributed by atoms with van der Waals surface area (Å²) in [4.78, 5) is 8.52. The van der Waals surface area contributed by atoms with Gasteiger partial charge >= 0.3 is 0 Å². The van der Waals surface area contributed by atoms with E-state index in [4.69, 9.17) is 0 Å². The van der Waals surface area contributed by atoms with E-state index in [2.05, 4.69) is 41.4 Å². The molecule has 0 aliphatic carbocycles. The van der Waals surface area contributed by atoms with Crippen molar-refractivity contribution in [2.75, 3.05) is 23.7 Å². The summed E-state index contributed by atoms with van der Waals surface area (Å²) in [5.74, 6) is 2.18. The molecule has 0 saturated heterocycles. The van der Waals surface area contributed by atoms with E-state index < -0.39 is 0 Å². The largest absolute Gasteiger partial charge is 0.391 e. The van der Waals surface area contributed by atoms with E-state index in [0.717, 1.165) is 36.6 Å². The maximum atomic E-state index is 9.90. The highest BCUT2D eigenvalue weighted by molar-refractivity contribution is 5.57. The smallest absolute Gasteiger partial charge is 0.134 e.